The van der Waals surface area contributed by atoms with Crippen LogP contribution >= 0.6 is 39.3 Å². The van der Waals surface area contributed by atoms with Crippen molar-refractivity contribution in [2.45, 2.75) is 4.90 Å². The third kappa shape index (κ3) is 3.63. The molecule has 0 saturated heterocycles. The van der Waals surface area contributed by atoms with Crippen LogP contribution in [0.3, 0.4) is 0 Å². The third-order valence-electron chi connectivity index (χ3n) is 1.34. The number of benzene rings is 1. The zero-order valence-electron chi connectivity index (χ0n) is 6.89. The normalized spacial score (nSPS) is 10.0. The first-order chi connectivity index (χ1) is 6.09. The van der Waals surface area contributed by atoms with E-state index < -0.39 is 0 Å². The zero-order valence-corrected chi connectivity index (χ0v) is 10.0. The number of nitrogens with two attached hydrogens (primary N) is 1. The highest BCUT2D eigenvalue weighted by molar-refractivity contribution is 9.11. The van der Waals surface area contributed by atoms with Crippen molar-refractivity contribution in [1.82, 2.24) is 0 Å². The maximum absolute atomic E-state index is 5.96. The van der Waals surface area contributed by atoms with Gasteiger partial charge in [-0.2, -0.15) is 0 Å². The first kappa shape index (κ1) is 11.0. The number of rotatable bonds is 3. The largest absolute Gasteiger partial charge is 0.399 e. The summed E-state index contributed by atoms with van der Waals surface area (Å²) in [7, 11) is 0. The fourth-order valence-electron chi connectivity index (χ4n) is 0.787. The number of hydrogen-bond acceptors (Lipinski definition) is 2. The minimum Gasteiger partial charge on any atom is -0.399 e. The van der Waals surface area contributed by atoms with E-state index >= 15 is 0 Å². The van der Waals surface area contributed by atoms with E-state index in [1.54, 1.807) is 23.9 Å². The molecule has 0 unspecified atom stereocenters. The van der Waals surface area contributed by atoms with Gasteiger partial charge in [0.2, 0.25) is 0 Å². The minimum absolute atomic E-state index is 0.729. The van der Waals surface area contributed by atoms with Crippen LogP contribution in [0, 0.1) is 0 Å². The SMILES string of the molecule is C=C(Br)CSc1cc(N)ccc1Cl. The standard InChI is InChI=1S/C9H9BrClNS/c1-6(10)5-13-9-4-7(12)2-3-8(9)11/h2-4H,1,5,12H2. The lowest BCUT2D eigenvalue weighted by molar-refractivity contribution is 1.46. The second-order valence-electron chi connectivity index (χ2n) is 2.50. The van der Waals surface area contributed by atoms with Crippen LogP contribution in [0.15, 0.2) is 34.2 Å². The Hall–Kier alpha value is -0.120. The molecule has 1 nitrogen and oxygen atoms in total. The molecule has 0 spiro atoms. The van der Waals surface area contributed by atoms with Crippen molar-refractivity contribution in [3.63, 3.8) is 0 Å². The average Bonchev–Trinajstić information content (AvgIpc) is 2.06. The topological polar surface area (TPSA) is 26.0 Å². The summed E-state index contributed by atoms with van der Waals surface area (Å²) < 4.78 is 0.941. The summed E-state index contributed by atoms with van der Waals surface area (Å²) in [4.78, 5) is 0.988. The third-order valence-corrected chi connectivity index (χ3v) is 3.57. The zero-order chi connectivity index (χ0) is 9.84. The van der Waals surface area contributed by atoms with Crippen LogP contribution in [0.1, 0.15) is 0 Å². The van der Waals surface area contributed by atoms with Crippen molar-refractivity contribution in [3.05, 3.63) is 34.3 Å². The molecule has 13 heavy (non-hydrogen) atoms. The summed E-state index contributed by atoms with van der Waals surface area (Å²) >= 11 is 10.9. The molecule has 0 saturated carbocycles. The minimum atomic E-state index is 0.729. The lowest BCUT2D eigenvalue weighted by atomic mass is 10.3. The van der Waals surface area contributed by atoms with E-state index in [9.17, 15) is 0 Å². The lowest BCUT2D eigenvalue weighted by Gasteiger charge is -2.03. The van der Waals surface area contributed by atoms with Gasteiger partial charge in [-0.25, -0.2) is 0 Å². The van der Waals surface area contributed by atoms with E-state index in [0.29, 0.717) is 0 Å². The fraction of sp³-hybridized carbons (Fsp3) is 0.111. The van der Waals surface area contributed by atoms with Crippen molar-refractivity contribution in [3.8, 4) is 0 Å². The Morgan fingerprint density at radius 3 is 2.92 bits per heavy atom. The Morgan fingerprint density at radius 1 is 1.62 bits per heavy atom. The van der Waals surface area contributed by atoms with E-state index in [-0.39, 0.29) is 0 Å². The monoisotopic (exact) mass is 277 g/mol. The molecule has 1 aromatic rings. The van der Waals surface area contributed by atoms with Gasteiger partial charge in [-0.15, -0.1) is 11.8 Å². The molecule has 0 amide bonds. The van der Waals surface area contributed by atoms with Crippen LogP contribution in [0.4, 0.5) is 5.69 Å². The molecular formula is C9H9BrClNS. The van der Waals surface area contributed by atoms with Crippen LogP contribution in [-0.2, 0) is 0 Å². The van der Waals surface area contributed by atoms with Gasteiger partial charge in [-0.3, -0.25) is 0 Å². The quantitative estimate of drug-likeness (QED) is 0.670. The van der Waals surface area contributed by atoms with Crippen molar-refractivity contribution < 1.29 is 0 Å². The summed E-state index contributed by atoms with van der Waals surface area (Å²) in [5.74, 6) is 0.795. The Bertz CT molecular complexity index is 327. The van der Waals surface area contributed by atoms with E-state index in [2.05, 4.69) is 22.5 Å². The molecule has 0 radical (unpaired) electrons. The molecule has 0 atom stereocenters. The van der Waals surface area contributed by atoms with Gasteiger partial charge in [0.15, 0.2) is 0 Å². The number of halogens is 2. The molecule has 4 heteroatoms. The highest BCUT2D eigenvalue weighted by Gasteiger charge is 2.01. The molecule has 70 valence electrons. The molecule has 0 aliphatic rings. The van der Waals surface area contributed by atoms with E-state index in [1.807, 2.05) is 6.07 Å². The number of anilines is 1. The molecule has 1 aromatic carbocycles. The number of nitrogen functional groups attached to an aromatic ring is 1. The van der Waals surface area contributed by atoms with E-state index in [4.69, 9.17) is 17.3 Å². The van der Waals surface area contributed by atoms with Gasteiger partial charge in [0, 0.05) is 16.3 Å². The van der Waals surface area contributed by atoms with Gasteiger partial charge in [0.25, 0.3) is 0 Å². The van der Waals surface area contributed by atoms with Crippen LogP contribution in [-0.4, -0.2) is 5.75 Å². The van der Waals surface area contributed by atoms with Crippen LogP contribution < -0.4 is 5.73 Å². The molecule has 0 heterocycles. The van der Waals surface area contributed by atoms with Gasteiger partial charge in [-0.1, -0.05) is 34.1 Å². The summed E-state index contributed by atoms with van der Waals surface area (Å²) in [6, 6.07) is 5.45. The van der Waals surface area contributed by atoms with Gasteiger partial charge < -0.3 is 5.73 Å². The summed E-state index contributed by atoms with van der Waals surface area (Å²) in [6.07, 6.45) is 0. The Morgan fingerprint density at radius 2 is 2.31 bits per heavy atom. The molecule has 0 aliphatic heterocycles. The molecule has 2 N–H and O–H groups in total. The summed E-state index contributed by atoms with van der Waals surface area (Å²) in [5, 5.41) is 0.730. The molecule has 0 bridgehead atoms. The Balaban J connectivity index is 2.75. The van der Waals surface area contributed by atoms with Gasteiger partial charge >= 0.3 is 0 Å². The van der Waals surface area contributed by atoms with Crippen LogP contribution in [0.2, 0.25) is 5.02 Å². The molecule has 0 fully saturated rings. The predicted octanol–water partition coefficient (Wildman–Crippen LogP) is 3.92. The predicted molar refractivity (Wildman–Crippen MR) is 64.7 cm³/mol. The maximum Gasteiger partial charge on any atom is 0.0543 e. The second-order valence-corrected chi connectivity index (χ2v) is 5.04. The average molecular weight is 279 g/mol. The van der Waals surface area contributed by atoms with E-state index in [0.717, 1.165) is 25.8 Å². The van der Waals surface area contributed by atoms with Gasteiger partial charge in [-0.05, 0) is 22.7 Å². The Kier molecular flexibility index (Phi) is 4.16. The highest BCUT2D eigenvalue weighted by atomic mass is 79.9. The Labute approximate surface area is 95.5 Å². The van der Waals surface area contributed by atoms with Gasteiger partial charge in [0.05, 0.1) is 5.02 Å². The first-order valence-corrected chi connectivity index (χ1v) is 5.76. The molecule has 1 rings (SSSR count). The fourth-order valence-corrected chi connectivity index (χ4v) is 2.15. The van der Waals surface area contributed by atoms with Crippen molar-refractivity contribution in [2.24, 2.45) is 0 Å². The maximum atomic E-state index is 5.96. The molecule has 0 aliphatic carbocycles. The van der Waals surface area contributed by atoms with Crippen molar-refractivity contribution in [1.29, 1.82) is 0 Å². The second kappa shape index (κ2) is 4.94. The van der Waals surface area contributed by atoms with Crippen molar-refractivity contribution >= 4 is 45.0 Å². The lowest BCUT2D eigenvalue weighted by Crippen LogP contribution is -1.85. The number of thioether (sulfide) groups is 1. The smallest absolute Gasteiger partial charge is 0.0543 e. The first-order valence-electron chi connectivity index (χ1n) is 3.60. The van der Waals surface area contributed by atoms with Gasteiger partial charge in [0.1, 0.15) is 0 Å². The summed E-state index contributed by atoms with van der Waals surface area (Å²) in [6.45, 7) is 3.74. The molecular weight excluding hydrogens is 270 g/mol. The number of hydrogen-bond donors (Lipinski definition) is 1. The summed E-state index contributed by atoms with van der Waals surface area (Å²) in [5.41, 5.74) is 6.36. The molecule has 0 aromatic heterocycles. The van der Waals surface area contributed by atoms with Crippen LogP contribution in [0.25, 0.3) is 0 Å². The van der Waals surface area contributed by atoms with Crippen molar-refractivity contribution in [2.75, 3.05) is 11.5 Å². The van der Waals surface area contributed by atoms with Crippen LogP contribution in [0.5, 0.6) is 0 Å². The van der Waals surface area contributed by atoms with E-state index in [1.165, 1.54) is 0 Å². The highest BCUT2D eigenvalue weighted by Crippen LogP contribution is 2.30.